The molecule has 1 aromatic heterocycles. The van der Waals surface area contributed by atoms with Crippen LogP contribution < -0.4 is 5.32 Å². The van der Waals surface area contributed by atoms with Gasteiger partial charge in [0.05, 0.1) is 22.4 Å². The van der Waals surface area contributed by atoms with Gasteiger partial charge in [0, 0.05) is 0 Å². The molecular weight excluding hydrogens is 260 g/mol. The quantitative estimate of drug-likeness (QED) is 0.898. The molecule has 3 nitrogen and oxygen atoms in total. The number of anilines is 2. The molecule has 1 N–H and O–H groups in total. The van der Waals surface area contributed by atoms with E-state index >= 15 is 0 Å². The van der Waals surface area contributed by atoms with Gasteiger partial charge >= 0.3 is 0 Å². The summed E-state index contributed by atoms with van der Waals surface area (Å²) in [7, 11) is 0. The number of nitrogens with one attached hydrogen (secondary N) is 1. The lowest BCUT2D eigenvalue weighted by Gasteiger charge is -2.05. The Morgan fingerprint density at radius 2 is 2.07 bits per heavy atom. The van der Waals surface area contributed by atoms with Crippen LogP contribution in [0, 0.1) is 5.82 Å². The van der Waals surface area contributed by atoms with Gasteiger partial charge in [-0.2, -0.15) is 8.75 Å². The maximum atomic E-state index is 12.9. The molecular formula is C8H4Cl2FN3S. The molecule has 2 aromatic rings. The summed E-state index contributed by atoms with van der Waals surface area (Å²) in [6.45, 7) is 0. The van der Waals surface area contributed by atoms with Crippen LogP contribution >= 0.6 is 34.9 Å². The molecule has 0 aliphatic carbocycles. The van der Waals surface area contributed by atoms with Gasteiger partial charge in [0.15, 0.2) is 11.0 Å². The first-order chi connectivity index (χ1) is 7.16. The molecule has 15 heavy (non-hydrogen) atoms. The molecule has 0 atom stereocenters. The van der Waals surface area contributed by atoms with Crippen LogP contribution in [0.3, 0.4) is 0 Å². The summed E-state index contributed by atoms with van der Waals surface area (Å²) >= 11 is 12.5. The maximum Gasteiger partial charge on any atom is 0.187 e. The summed E-state index contributed by atoms with van der Waals surface area (Å²) in [4.78, 5) is 0. The fraction of sp³-hybridized carbons (Fsp3) is 0. The monoisotopic (exact) mass is 263 g/mol. The van der Waals surface area contributed by atoms with E-state index in [2.05, 4.69) is 14.1 Å². The normalized spacial score (nSPS) is 10.3. The van der Waals surface area contributed by atoms with Crippen molar-refractivity contribution in [1.29, 1.82) is 0 Å². The van der Waals surface area contributed by atoms with Crippen LogP contribution in [0.2, 0.25) is 10.2 Å². The van der Waals surface area contributed by atoms with Crippen molar-refractivity contribution in [3.63, 3.8) is 0 Å². The molecule has 1 aromatic carbocycles. The molecule has 0 saturated carbocycles. The molecule has 78 valence electrons. The fourth-order valence-corrected chi connectivity index (χ4v) is 1.78. The van der Waals surface area contributed by atoms with Gasteiger partial charge in [0.25, 0.3) is 0 Å². The summed E-state index contributed by atoms with van der Waals surface area (Å²) < 4.78 is 20.6. The second-order valence-electron chi connectivity index (χ2n) is 2.65. The topological polar surface area (TPSA) is 37.8 Å². The van der Waals surface area contributed by atoms with E-state index in [0.717, 1.165) is 11.7 Å². The largest absolute Gasteiger partial charge is 0.335 e. The van der Waals surface area contributed by atoms with Gasteiger partial charge in [-0.05, 0) is 18.2 Å². The number of halogens is 3. The second kappa shape index (κ2) is 4.30. The summed E-state index contributed by atoms with van der Waals surface area (Å²) in [5, 5.41) is 3.42. The third kappa shape index (κ3) is 2.37. The van der Waals surface area contributed by atoms with E-state index in [1.807, 2.05) is 0 Å². The first-order valence-corrected chi connectivity index (χ1v) is 5.35. The minimum absolute atomic E-state index is 0.236. The number of benzene rings is 1. The standard InChI is InChI=1S/C8H4Cl2FN3S/c9-5-2-1-4(11)3-6(5)12-8-7(10)13-15-14-8/h1-3H,(H,12,14). The number of rotatable bonds is 2. The summed E-state index contributed by atoms with van der Waals surface area (Å²) in [5.41, 5.74) is 0.409. The molecule has 0 bridgehead atoms. The Morgan fingerprint density at radius 3 is 2.73 bits per heavy atom. The fourth-order valence-electron chi connectivity index (χ4n) is 0.973. The molecule has 2 rings (SSSR count). The van der Waals surface area contributed by atoms with Crippen molar-refractivity contribution in [1.82, 2.24) is 8.75 Å². The third-order valence-corrected chi connectivity index (χ3v) is 2.85. The van der Waals surface area contributed by atoms with Crippen molar-refractivity contribution in [2.24, 2.45) is 0 Å². The molecule has 0 radical (unpaired) electrons. The zero-order valence-electron chi connectivity index (χ0n) is 7.17. The molecule has 0 fully saturated rings. The first-order valence-electron chi connectivity index (χ1n) is 3.87. The zero-order valence-corrected chi connectivity index (χ0v) is 9.50. The molecule has 0 spiro atoms. The van der Waals surface area contributed by atoms with E-state index in [-0.39, 0.29) is 11.0 Å². The van der Waals surface area contributed by atoms with E-state index in [4.69, 9.17) is 23.2 Å². The number of hydrogen-bond acceptors (Lipinski definition) is 4. The van der Waals surface area contributed by atoms with Gasteiger partial charge in [0.1, 0.15) is 5.82 Å². The summed E-state index contributed by atoms with van der Waals surface area (Å²) in [6, 6.07) is 3.99. The van der Waals surface area contributed by atoms with Gasteiger partial charge in [-0.3, -0.25) is 0 Å². The average molecular weight is 264 g/mol. The predicted molar refractivity (Wildman–Crippen MR) is 59.6 cm³/mol. The van der Waals surface area contributed by atoms with E-state index in [1.165, 1.54) is 18.2 Å². The van der Waals surface area contributed by atoms with Crippen LogP contribution in [-0.4, -0.2) is 8.75 Å². The highest BCUT2D eigenvalue weighted by molar-refractivity contribution is 6.99. The van der Waals surface area contributed by atoms with Crippen molar-refractivity contribution < 1.29 is 4.39 Å². The highest BCUT2D eigenvalue weighted by Crippen LogP contribution is 2.28. The third-order valence-electron chi connectivity index (χ3n) is 1.63. The van der Waals surface area contributed by atoms with Gasteiger partial charge in [0.2, 0.25) is 0 Å². The number of hydrogen-bond donors (Lipinski definition) is 1. The van der Waals surface area contributed by atoms with Crippen LogP contribution in [0.1, 0.15) is 0 Å². The van der Waals surface area contributed by atoms with Crippen LogP contribution in [0.5, 0.6) is 0 Å². The van der Waals surface area contributed by atoms with Crippen molar-refractivity contribution in [3.8, 4) is 0 Å². The Morgan fingerprint density at radius 1 is 1.27 bits per heavy atom. The van der Waals surface area contributed by atoms with Gasteiger partial charge in [-0.15, -0.1) is 0 Å². The van der Waals surface area contributed by atoms with Crippen LogP contribution in [0.25, 0.3) is 0 Å². The second-order valence-corrected chi connectivity index (χ2v) is 3.95. The summed E-state index contributed by atoms with van der Waals surface area (Å²) in [5.74, 6) is -0.0182. The van der Waals surface area contributed by atoms with E-state index < -0.39 is 0 Å². The van der Waals surface area contributed by atoms with Gasteiger partial charge < -0.3 is 5.32 Å². The highest BCUT2D eigenvalue weighted by atomic mass is 35.5. The molecule has 1 heterocycles. The van der Waals surface area contributed by atoms with E-state index in [0.29, 0.717) is 16.5 Å². The lowest BCUT2D eigenvalue weighted by atomic mass is 10.3. The Kier molecular flexibility index (Phi) is 3.04. The Bertz CT molecular complexity index is 488. The van der Waals surface area contributed by atoms with Gasteiger partial charge in [-0.1, -0.05) is 23.2 Å². The lowest BCUT2D eigenvalue weighted by molar-refractivity contribution is 0.628. The minimum Gasteiger partial charge on any atom is -0.335 e. The van der Waals surface area contributed by atoms with Crippen molar-refractivity contribution in [2.75, 3.05) is 5.32 Å². The molecule has 0 amide bonds. The van der Waals surface area contributed by atoms with Crippen molar-refractivity contribution >= 4 is 46.4 Å². The molecule has 0 saturated heterocycles. The maximum absolute atomic E-state index is 12.9. The zero-order chi connectivity index (χ0) is 10.8. The lowest BCUT2D eigenvalue weighted by Crippen LogP contribution is -1.92. The van der Waals surface area contributed by atoms with Crippen LogP contribution in [0.4, 0.5) is 15.9 Å². The van der Waals surface area contributed by atoms with Gasteiger partial charge in [-0.25, -0.2) is 4.39 Å². The first kappa shape index (κ1) is 10.6. The molecule has 7 heteroatoms. The predicted octanol–water partition coefficient (Wildman–Crippen LogP) is 3.73. The highest BCUT2D eigenvalue weighted by Gasteiger charge is 2.08. The minimum atomic E-state index is -0.388. The Labute approximate surface area is 99.2 Å². The molecule has 0 unspecified atom stereocenters. The number of aromatic nitrogens is 2. The Hall–Kier alpha value is -0.910. The number of nitrogens with zero attached hydrogens (tertiary/aromatic N) is 2. The average Bonchev–Trinajstić information content (AvgIpc) is 2.58. The smallest absolute Gasteiger partial charge is 0.187 e. The summed E-state index contributed by atoms with van der Waals surface area (Å²) in [6.07, 6.45) is 0. The van der Waals surface area contributed by atoms with Crippen LogP contribution in [-0.2, 0) is 0 Å². The SMILES string of the molecule is Fc1ccc(Cl)c(Nc2nsnc2Cl)c1. The van der Waals surface area contributed by atoms with E-state index in [9.17, 15) is 4.39 Å². The van der Waals surface area contributed by atoms with Crippen molar-refractivity contribution in [3.05, 3.63) is 34.2 Å². The van der Waals surface area contributed by atoms with Crippen molar-refractivity contribution in [2.45, 2.75) is 0 Å². The Balaban J connectivity index is 2.32. The molecule has 0 aliphatic rings. The molecule has 0 aliphatic heterocycles. The van der Waals surface area contributed by atoms with Crippen LogP contribution in [0.15, 0.2) is 18.2 Å². The van der Waals surface area contributed by atoms with E-state index in [1.54, 1.807) is 0 Å².